The molecular formula is C14H17NO3. The molecule has 96 valence electrons. The standard InChI is InChI=1S/C14H17NO3/c1-14(2,3)11-4-9-5-12(15(17)18)6-10(8-16)13(9)7-11/h4-6,16H,7-8H2,1-3H3. The first-order chi connectivity index (χ1) is 8.32. The van der Waals surface area contributed by atoms with E-state index in [-0.39, 0.29) is 17.7 Å². The molecule has 0 aliphatic heterocycles. The highest BCUT2D eigenvalue weighted by Gasteiger charge is 2.26. The molecule has 0 saturated carbocycles. The second-order valence-electron chi connectivity index (χ2n) is 5.68. The molecule has 0 unspecified atom stereocenters. The Morgan fingerprint density at radius 2 is 2.06 bits per heavy atom. The van der Waals surface area contributed by atoms with Crippen molar-refractivity contribution < 1.29 is 10.0 Å². The Kier molecular flexibility index (Phi) is 2.99. The van der Waals surface area contributed by atoms with Crippen molar-refractivity contribution in [3.8, 4) is 0 Å². The first kappa shape index (κ1) is 12.8. The predicted octanol–water partition coefficient (Wildman–Crippen LogP) is 3.07. The lowest BCUT2D eigenvalue weighted by molar-refractivity contribution is -0.385. The third-order valence-electron chi connectivity index (χ3n) is 3.40. The summed E-state index contributed by atoms with van der Waals surface area (Å²) >= 11 is 0. The average molecular weight is 247 g/mol. The zero-order valence-electron chi connectivity index (χ0n) is 10.9. The minimum atomic E-state index is -0.414. The van der Waals surface area contributed by atoms with E-state index in [1.165, 1.54) is 11.6 Å². The summed E-state index contributed by atoms with van der Waals surface area (Å²) in [5.74, 6) is 0. The molecule has 1 aromatic carbocycles. The third kappa shape index (κ3) is 2.16. The highest BCUT2D eigenvalue weighted by atomic mass is 16.6. The third-order valence-corrected chi connectivity index (χ3v) is 3.40. The van der Waals surface area contributed by atoms with Gasteiger partial charge in [0.1, 0.15) is 0 Å². The van der Waals surface area contributed by atoms with Crippen LogP contribution in [-0.2, 0) is 13.0 Å². The van der Waals surface area contributed by atoms with Gasteiger partial charge in [-0.2, -0.15) is 0 Å². The largest absolute Gasteiger partial charge is 0.392 e. The van der Waals surface area contributed by atoms with Crippen LogP contribution >= 0.6 is 0 Å². The van der Waals surface area contributed by atoms with Gasteiger partial charge in [-0.05, 0) is 28.5 Å². The summed E-state index contributed by atoms with van der Waals surface area (Å²) in [4.78, 5) is 10.4. The molecule has 1 N–H and O–H groups in total. The predicted molar refractivity (Wildman–Crippen MR) is 70.2 cm³/mol. The smallest absolute Gasteiger partial charge is 0.270 e. The number of rotatable bonds is 2. The zero-order valence-corrected chi connectivity index (χ0v) is 10.9. The summed E-state index contributed by atoms with van der Waals surface area (Å²) < 4.78 is 0. The number of nitro benzene ring substituents is 1. The van der Waals surface area contributed by atoms with Crippen LogP contribution in [0.2, 0.25) is 0 Å². The van der Waals surface area contributed by atoms with E-state index in [1.807, 2.05) is 6.08 Å². The molecule has 4 heteroatoms. The van der Waals surface area contributed by atoms with Crippen molar-refractivity contribution in [2.45, 2.75) is 33.8 Å². The Bertz CT molecular complexity index is 539. The number of allylic oxidation sites excluding steroid dienone is 1. The van der Waals surface area contributed by atoms with Gasteiger partial charge in [0.15, 0.2) is 0 Å². The molecule has 1 aliphatic carbocycles. The number of hydrogen-bond donors (Lipinski definition) is 1. The van der Waals surface area contributed by atoms with Gasteiger partial charge in [0, 0.05) is 12.1 Å². The molecule has 0 aromatic heterocycles. The Morgan fingerprint density at radius 1 is 1.39 bits per heavy atom. The van der Waals surface area contributed by atoms with Crippen LogP contribution < -0.4 is 0 Å². The van der Waals surface area contributed by atoms with Crippen molar-refractivity contribution in [3.63, 3.8) is 0 Å². The van der Waals surface area contributed by atoms with E-state index in [4.69, 9.17) is 0 Å². The second-order valence-corrected chi connectivity index (χ2v) is 5.68. The van der Waals surface area contributed by atoms with Gasteiger partial charge in [-0.15, -0.1) is 0 Å². The molecule has 0 atom stereocenters. The molecule has 0 spiro atoms. The van der Waals surface area contributed by atoms with E-state index in [0.29, 0.717) is 5.56 Å². The average Bonchev–Trinajstić information content (AvgIpc) is 2.70. The van der Waals surface area contributed by atoms with Gasteiger partial charge in [-0.1, -0.05) is 32.4 Å². The lowest BCUT2D eigenvalue weighted by Gasteiger charge is -2.20. The van der Waals surface area contributed by atoms with Gasteiger partial charge in [-0.3, -0.25) is 10.1 Å². The van der Waals surface area contributed by atoms with Gasteiger partial charge in [0.25, 0.3) is 5.69 Å². The van der Waals surface area contributed by atoms with Crippen molar-refractivity contribution in [3.05, 3.63) is 44.5 Å². The summed E-state index contributed by atoms with van der Waals surface area (Å²) in [6.07, 6.45) is 2.79. The minimum Gasteiger partial charge on any atom is -0.392 e. The molecule has 0 radical (unpaired) electrons. The Labute approximate surface area is 106 Å². The molecule has 0 heterocycles. The van der Waals surface area contributed by atoms with Gasteiger partial charge in [0.05, 0.1) is 11.5 Å². The molecule has 0 fully saturated rings. The molecule has 0 amide bonds. The normalized spacial score (nSPS) is 14.3. The Morgan fingerprint density at radius 3 is 2.56 bits per heavy atom. The van der Waals surface area contributed by atoms with Gasteiger partial charge < -0.3 is 5.11 Å². The van der Waals surface area contributed by atoms with Gasteiger partial charge >= 0.3 is 0 Å². The van der Waals surface area contributed by atoms with Crippen molar-refractivity contribution in [1.29, 1.82) is 0 Å². The van der Waals surface area contributed by atoms with Gasteiger partial charge in [0.2, 0.25) is 0 Å². The molecule has 18 heavy (non-hydrogen) atoms. The van der Waals surface area contributed by atoms with Crippen LogP contribution in [0.1, 0.15) is 37.5 Å². The number of aliphatic hydroxyl groups excluding tert-OH is 1. The first-order valence-electron chi connectivity index (χ1n) is 5.95. The molecule has 1 aromatic rings. The Balaban J connectivity index is 2.52. The van der Waals surface area contributed by atoms with Crippen molar-refractivity contribution in [2.75, 3.05) is 0 Å². The van der Waals surface area contributed by atoms with E-state index in [2.05, 4.69) is 20.8 Å². The fourth-order valence-electron chi connectivity index (χ4n) is 2.24. The topological polar surface area (TPSA) is 63.4 Å². The lowest BCUT2D eigenvalue weighted by atomic mass is 9.85. The van der Waals surface area contributed by atoms with E-state index >= 15 is 0 Å². The van der Waals surface area contributed by atoms with Crippen LogP contribution in [0.25, 0.3) is 6.08 Å². The van der Waals surface area contributed by atoms with Crippen LogP contribution in [0.4, 0.5) is 5.69 Å². The zero-order chi connectivity index (χ0) is 13.5. The maximum atomic E-state index is 10.9. The molecule has 4 nitrogen and oxygen atoms in total. The second kappa shape index (κ2) is 4.21. The number of fused-ring (bicyclic) bond motifs is 1. The summed E-state index contributed by atoms with van der Waals surface area (Å²) in [7, 11) is 0. The fourth-order valence-corrected chi connectivity index (χ4v) is 2.24. The van der Waals surface area contributed by atoms with Crippen molar-refractivity contribution in [1.82, 2.24) is 0 Å². The van der Waals surface area contributed by atoms with Crippen molar-refractivity contribution in [2.24, 2.45) is 5.41 Å². The summed E-state index contributed by atoms with van der Waals surface area (Å²) in [5.41, 5.74) is 3.89. The quantitative estimate of drug-likeness (QED) is 0.645. The van der Waals surface area contributed by atoms with Crippen LogP contribution in [0.3, 0.4) is 0 Å². The van der Waals surface area contributed by atoms with Crippen LogP contribution in [0.5, 0.6) is 0 Å². The number of hydrogen-bond acceptors (Lipinski definition) is 3. The summed E-state index contributed by atoms with van der Waals surface area (Å²) in [5, 5.41) is 20.2. The maximum absolute atomic E-state index is 10.9. The minimum absolute atomic E-state index is 0.0422. The molecular weight excluding hydrogens is 230 g/mol. The van der Waals surface area contributed by atoms with E-state index in [9.17, 15) is 15.2 Å². The van der Waals surface area contributed by atoms with E-state index in [0.717, 1.165) is 17.5 Å². The summed E-state index contributed by atoms with van der Waals surface area (Å²) in [6, 6.07) is 3.06. The lowest BCUT2D eigenvalue weighted by Crippen LogP contribution is -2.09. The maximum Gasteiger partial charge on any atom is 0.270 e. The molecule has 1 aliphatic rings. The van der Waals surface area contributed by atoms with Gasteiger partial charge in [-0.25, -0.2) is 0 Å². The Hall–Kier alpha value is -1.68. The SMILES string of the molecule is CC(C)(C)C1=Cc2cc([N+](=O)[O-])cc(CO)c2C1. The van der Waals surface area contributed by atoms with Crippen molar-refractivity contribution >= 4 is 11.8 Å². The molecule has 2 rings (SSSR count). The summed E-state index contributed by atoms with van der Waals surface area (Å²) in [6.45, 7) is 6.21. The van der Waals surface area contributed by atoms with E-state index in [1.54, 1.807) is 6.07 Å². The molecule has 0 bridgehead atoms. The van der Waals surface area contributed by atoms with Crippen LogP contribution in [0.15, 0.2) is 17.7 Å². The molecule has 0 saturated heterocycles. The monoisotopic (exact) mass is 247 g/mol. The number of benzene rings is 1. The number of nitrogens with zero attached hydrogens (tertiary/aromatic N) is 1. The van der Waals surface area contributed by atoms with Crippen LogP contribution in [0, 0.1) is 15.5 Å². The van der Waals surface area contributed by atoms with E-state index < -0.39 is 4.92 Å². The number of non-ortho nitro benzene ring substituents is 1. The number of nitro groups is 1. The van der Waals surface area contributed by atoms with Crippen LogP contribution in [-0.4, -0.2) is 10.0 Å². The number of aliphatic hydroxyl groups is 1. The first-order valence-corrected chi connectivity index (χ1v) is 5.95. The fraction of sp³-hybridized carbons (Fsp3) is 0.429. The highest BCUT2D eigenvalue weighted by Crippen LogP contribution is 2.39. The highest BCUT2D eigenvalue weighted by molar-refractivity contribution is 5.69.